The third-order valence-electron chi connectivity index (χ3n) is 2.62. The fourth-order valence-electron chi connectivity index (χ4n) is 1.97. The lowest BCUT2D eigenvalue weighted by Gasteiger charge is -2.26. The van der Waals surface area contributed by atoms with E-state index in [1.54, 1.807) is 0 Å². The first-order valence-electron chi connectivity index (χ1n) is 4.88. The Morgan fingerprint density at radius 3 is 3.00 bits per heavy atom. The van der Waals surface area contributed by atoms with Gasteiger partial charge in [-0.05, 0) is 45.8 Å². The van der Waals surface area contributed by atoms with Crippen LogP contribution in [-0.4, -0.2) is 41.8 Å². The summed E-state index contributed by atoms with van der Waals surface area (Å²) < 4.78 is 0. The van der Waals surface area contributed by atoms with Gasteiger partial charge in [0.15, 0.2) is 0 Å². The molecule has 0 aromatic carbocycles. The Morgan fingerprint density at radius 2 is 2.42 bits per heavy atom. The van der Waals surface area contributed by atoms with Gasteiger partial charge in [-0.25, -0.2) is 0 Å². The molecule has 0 spiro atoms. The van der Waals surface area contributed by atoms with Crippen LogP contribution in [0.4, 0.5) is 0 Å². The molecule has 3 N–H and O–H groups in total. The van der Waals surface area contributed by atoms with Crippen LogP contribution in [0.25, 0.3) is 0 Å². The lowest BCUT2D eigenvalue weighted by molar-refractivity contribution is 0.0864. The van der Waals surface area contributed by atoms with Crippen molar-refractivity contribution in [1.29, 1.82) is 0 Å². The third kappa shape index (κ3) is 2.44. The van der Waals surface area contributed by atoms with Crippen molar-refractivity contribution < 1.29 is 5.11 Å². The van der Waals surface area contributed by atoms with Crippen LogP contribution in [0.2, 0.25) is 0 Å². The van der Waals surface area contributed by atoms with Crippen molar-refractivity contribution in [1.82, 2.24) is 4.90 Å². The summed E-state index contributed by atoms with van der Waals surface area (Å²) in [6.07, 6.45) is 3.22. The Morgan fingerprint density at radius 1 is 1.67 bits per heavy atom. The molecule has 1 aliphatic rings. The molecule has 0 amide bonds. The van der Waals surface area contributed by atoms with E-state index >= 15 is 0 Å². The van der Waals surface area contributed by atoms with Gasteiger partial charge in [0.1, 0.15) is 0 Å². The smallest absolute Gasteiger partial charge is 0.0667 e. The quantitative estimate of drug-likeness (QED) is 0.636. The Hall–Kier alpha value is -0.120. The van der Waals surface area contributed by atoms with Gasteiger partial charge in [-0.15, -0.1) is 0 Å². The standard InChI is InChI=1S/C9H20N2O/c1-8(12)9-4-2-6-11(9)7-3-5-10/h8-9,12H,2-7,10H2,1H3/t8-,9-/m0/s1. The number of hydrogen-bond acceptors (Lipinski definition) is 3. The number of aliphatic hydroxyl groups excluding tert-OH is 1. The molecule has 2 atom stereocenters. The molecule has 12 heavy (non-hydrogen) atoms. The predicted molar refractivity (Wildman–Crippen MR) is 49.9 cm³/mol. The number of nitrogens with two attached hydrogens (primary N) is 1. The van der Waals surface area contributed by atoms with Gasteiger partial charge in [0.05, 0.1) is 6.10 Å². The predicted octanol–water partition coefficient (Wildman–Crippen LogP) is 0.180. The molecular weight excluding hydrogens is 152 g/mol. The summed E-state index contributed by atoms with van der Waals surface area (Å²) in [6.45, 7) is 4.82. The van der Waals surface area contributed by atoms with E-state index in [2.05, 4.69) is 4.90 Å². The van der Waals surface area contributed by atoms with Crippen LogP contribution in [0.15, 0.2) is 0 Å². The van der Waals surface area contributed by atoms with Crippen molar-refractivity contribution in [3.8, 4) is 0 Å². The average molecular weight is 172 g/mol. The molecule has 1 aliphatic heterocycles. The van der Waals surface area contributed by atoms with E-state index in [4.69, 9.17) is 5.73 Å². The van der Waals surface area contributed by atoms with Crippen molar-refractivity contribution in [2.45, 2.75) is 38.3 Å². The molecule has 72 valence electrons. The Kier molecular flexibility index (Phi) is 3.98. The third-order valence-corrected chi connectivity index (χ3v) is 2.62. The maximum Gasteiger partial charge on any atom is 0.0667 e. The van der Waals surface area contributed by atoms with Gasteiger partial charge in [0, 0.05) is 6.04 Å². The summed E-state index contributed by atoms with van der Waals surface area (Å²) in [5.41, 5.74) is 5.44. The SMILES string of the molecule is C[C@H](O)[C@@H]1CCCN1CCCN. The first-order valence-corrected chi connectivity index (χ1v) is 4.88. The normalized spacial score (nSPS) is 27.8. The van der Waals surface area contributed by atoms with E-state index in [1.165, 1.54) is 6.42 Å². The maximum atomic E-state index is 9.45. The Labute approximate surface area is 74.5 Å². The summed E-state index contributed by atoms with van der Waals surface area (Å²) in [7, 11) is 0. The topological polar surface area (TPSA) is 49.5 Å². The van der Waals surface area contributed by atoms with Gasteiger partial charge in [-0.1, -0.05) is 0 Å². The molecule has 0 aliphatic carbocycles. The van der Waals surface area contributed by atoms with Crippen LogP contribution >= 0.6 is 0 Å². The molecule has 0 bridgehead atoms. The fraction of sp³-hybridized carbons (Fsp3) is 1.00. The minimum absolute atomic E-state index is 0.190. The zero-order valence-corrected chi connectivity index (χ0v) is 7.87. The molecule has 3 heteroatoms. The molecule has 1 rings (SSSR count). The highest BCUT2D eigenvalue weighted by atomic mass is 16.3. The summed E-state index contributed by atoms with van der Waals surface area (Å²) in [5, 5.41) is 9.45. The average Bonchev–Trinajstić information content (AvgIpc) is 2.48. The highest BCUT2D eigenvalue weighted by molar-refractivity contribution is 4.82. The molecular formula is C9H20N2O. The molecule has 0 radical (unpaired) electrons. The monoisotopic (exact) mass is 172 g/mol. The van der Waals surface area contributed by atoms with E-state index in [0.717, 1.165) is 32.5 Å². The molecule has 3 nitrogen and oxygen atoms in total. The van der Waals surface area contributed by atoms with E-state index in [0.29, 0.717) is 6.04 Å². The van der Waals surface area contributed by atoms with E-state index in [-0.39, 0.29) is 6.10 Å². The lowest BCUT2D eigenvalue weighted by Crippen LogP contribution is -2.38. The minimum atomic E-state index is -0.190. The van der Waals surface area contributed by atoms with Gasteiger partial charge in [0.2, 0.25) is 0 Å². The summed E-state index contributed by atoms with van der Waals surface area (Å²) >= 11 is 0. The van der Waals surface area contributed by atoms with Crippen molar-refractivity contribution in [3.63, 3.8) is 0 Å². The van der Waals surface area contributed by atoms with E-state index in [1.807, 2.05) is 6.92 Å². The molecule has 0 saturated carbocycles. The van der Waals surface area contributed by atoms with E-state index < -0.39 is 0 Å². The van der Waals surface area contributed by atoms with Gasteiger partial charge in [0.25, 0.3) is 0 Å². The number of rotatable bonds is 4. The zero-order valence-electron chi connectivity index (χ0n) is 7.87. The van der Waals surface area contributed by atoms with Gasteiger partial charge >= 0.3 is 0 Å². The molecule has 0 aromatic rings. The fourth-order valence-corrected chi connectivity index (χ4v) is 1.97. The first-order chi connectivity index (χ1) is 5.75. The summed E-state index contributed by atoms with van der Waals surface area (Å²) in [5.74, 6) is 0. The molecule has 1 fully saturated rings. The number of aliphatic hydroxyl groups is 1. The number of nitrogens with zero attached hydrogens (tertiary/aromatic N) is 1. The zero-order chi connectivity index (χ0) is 8.97. The Balaban J connectivity index is 2.30. The van der Waals surface area contributed by atoms with Crippen LogP contribution in [0, 0.1) is 0 Å². The van der Waals surface area contributed by atoms with Gasteiger partial charge in [-0.2, -0.15) is 0 Å². The number of hydrogen-bond donors (Lipinski definition) is 2. The second-order valence-corrected chi connectivity index (χ2v) is 3.63. The minimum Gasteiger partial charge on any atom is -0.392 e. The highest BCUT2D eigenvalue weighted by Crippen LogP contribution is 2.19. The highest BCUT2D eigenvalue weighted by Gasteiger charge is 2.27. The molecule has 1 saturated heterocycles. The molecule has 0 aromatic heterocycles. The van der Waals surface area contributed by atoms with Crippen molar-refractivity contribution in [2.24, 2.45) is 5.73 Å². The van der Waals surface area contributed by atoms with Crippen LogP contribution in [-0.2, 0) is 0 Å². The maximum absolute atomic E-state index is 9.45. The summed E-state index contributed by atoms with van der Waals surface area (Å²) in [6, 6.07) is 0.386. The lowest BCUT2D eigenvalue weighted by atomic mass is 10.1. The second-order valence-electron chi connectivity index (χ2n) is 3.63. The number of likely N-dealkylation sites (tertiary alicyclic amines) is 1. The van der Waals surface area contributed by atoms with Crippen LogP contribution in [0.1, 0.15) is 26.2 Å². The van der Waals surface area contributed by atoms with Crippen molar-refractivity contribution in [3.05, 3.63) is 0 Å². The Bertz CT molecular complexity index is 128. The molecule has 1 heterocycles. The van der Waals surface area contributed by atoms with E-state index in [9.17, 15) is 5.11 Å². The molecule has 0 unspecified atom stereocenters. The first kappa shape index (κ1) is 9.96. The van der Waals surface area contributed by atoms with Crippen LogP contribution < -0.4 is 5.73 Å². The van der Waals surface area contributed by atoms with Crippen LogP contribution in [0.5, 0.6) is 0 Å². The van der Waals surface area contributed by atoms with Crippen molar-refractivity contribution >= 4 is 0 Å². The van der Waals surface area contributed by atoms with Crippen molar-refractivity contribution in [2.75, 3.05) is 19.6 Å². The second kappa shape index (κ2) is 4.80. The summed E-state index contributed by atoms with van der Waals surface area (Å²) in [4.78, 5) is 2.36. The largest absolute Gasteiger partial charge is 0.392 e. The van der Waals surface area contributed by atoms with Gasteiger partial charge < -0.3 is 10.8 Å². The van der Waals surface area contributed by atoms with Gasteiger partial charge in [-0.3, -0.25) is 4.90 Å². The van der Waals surface area contributed by atoms with Crippen LogP contribution in [0.3, 0.4) is 0 Å².